The molecule has 1 aromatic carbocycles. The largest absolute Gasteiger partial charge is 0.444 e. The van der Waals surface area contributed by atoms with Gasteiger partial charge in [-0.15, -0.1) is 0 Å². The topological polar surface area (TPSA) is 50.4 Å². The van der Waals surface area contributed by atoms with Crippen molar-refractivity contribution in [1.29, 1.82) is 0 Å². The number of hydrogen-bond acceptors (Lipinski definition) is 3. The zero-order chi connectivity index (χ0) is 19.1. The summed E-state index contributed by atoms with van der Waals surface area (Å²) in [6.07, 6.45) is 5.66. The maximum atomic E-state index is 11.4. The van der Waals surface area contributed by atoms with E-state index in [9.17, 15) is 4.79 Å². The Hall–Kier alpha value is -1.55. The second kappa shape index (κ2) is 13.7. The average molecular weight is 351 g/mol. The van der Waals surface area contributed by atoms with Gasteiger partial charge in [-0.2, -0.15) is 0 Å². The summed E-state index contributed by atoms with van der Waals surface area (Å²) in [5, 5.41) is 6.00. The van der Waals surface area contributed by atoms with Crippen LogP contribution in [0.5, 0.6) is 0 Å². The highest BCUT2D eigenvalue weighted by Crippen LogP contribution is 2.18. The maximum Gasteiger partial charge on any atom is 0.407 e. The van der Waals surface area contributed by atoms with Crippen LogP contribution >= 0.6 is 0 Å². The molecule has 0 unspecified atom stereocenters. The molecule has 1 aliphatic carbocycles. The van der Waals surface area contributed by atoms with E-state index in [4.69, 9.17) is 4.74 Å². The van der Waals surface area contributed by atoms with Crippen LogP contribution in [-0.4, -0.2) is 24.8 Å². The van der Waals surface area contributed by atoms with Gasteiger partial charge in [-0.25, -0.2) is 4.79 Å². The number of ether oxygens (including phenoxy) is 1. The number of nitrogens with one attached hydrogen (secondary N) is 2. The molecular formula is C21H38N2O2. The Bertz CT molecular complexity index is 435. The van der Waals surface area contributed by atoms with Crippen LogP contribution in [0.4, 0.5) is 4.79 Å². The zero-order valence-electron chi connectivity index (χ0n) is 17.0. The number of rotatable bonds is 3. The fraction of sp³-hybridized carbons (Fsp3) is 0.667. The molecule has 144 valence electrons. The van der Waals surface area contributed by atoms with E-state index in [1.165, 1.54) is 24.8 Å². The van der Waals surface area contributed by atoms with Crippen LogP contribution in [-0.2, 0) is 11.3 Å². The molecule has 0 heterocycles. The normalized spacial score (nSPS) is 14.3. The van der Waals surface area contributed by atoms with E-state index in [1.54, 1.807) is 0 Å². The van der Waals surface area contributed by atoms with Gasteiger partial charge < -0.3 is 15.4 Å². The molecule has 2 rings (SSSR count). The van der Waals surface area contributed by atoms with Crippen molar-refractivity contribution in [3.63, 3.8) is 0 Å². The van der Waals surface area contributed by atoms with Gasteiger partial charge in [0.05, 0.1) is 0 Å². The third-order valence-electron chi connectivity index (χ3n) is 3.55. The molecule has 1 aromatic rings. The van der Waals surface area contributed by atoms with Gasteiger partial charge in [0.2, 0.25) is 0 Å². The number of amides is 1. The third kappa shape index (κ3) is 13.4. The quantitative estimate of drug-likeness (QED) is 0.780. The van der Waals surface area contributed by atoms with Crippen LogP contribution < -0.4 is 10.6 Å². The highest BCUT2D eigenvalue weighted by molar-refractivity contribution is 5.68. The Morgan fingerprint density at radius 1 is 1.08 bits per heavy atom. The Balaban J connectivity index is 0.000000451. The predicted octanol–water partition coefficient (Wildman–Crippen LogP) is 5.28. The van der Waals surface area contributed by atoms with Crippen molar-refractivity contribution in [2.45, 2.75) is 84.9 Å². The van der Waals surface area contributed by atoms with E-state index in [0.717, 1.165) is 19.4 Å². The third-order valence-corrected chi connectivity index (χ3v) is 3.55. The van der Waals surface area contributed by atoms with Crippen LogP contribution in [0.2, 0.25) is 0 Å². The van der Waals surface area contributed by atoms with Gasteiger partial charge in [0.1, 0.15) is 5.60 Å². The SMILES string of the molecule is CC.CC(C)(C)OC(=O)NC1CCCCC1.CNCc1ccccc1. The molecule has 4 nitrogen and oxygen atoms in total. The van der Waals surface area contributed by atoms with Crippen molar-refractivity contribution in [3.8, 4) is 0 Å². The molecule has 25 heavy (non-hydrogen) atoms. The minimum Gasteiger partial charge on any atom is -0.444 e. The number of carbonyl (C=O) groups excluding carboxylic acids is 1. The highest BCUT2D eigenvalue weighted by atomic mass is 16.6. The summed E-state index contributed by atoms with van der Waals surface area (Å²) >= 11 is 0. The van der Waals surface area contributed by atoms with Crippen LogP contribution in [0.25, 0.3) is 0 Å². The van der Waals surface area contributed by atoms with E-state index in [2.05, 4.69) is 22.8 Å². The lowest BCUT2D eigenvalue weighted by molar-refractivity contribution is 0.0493. The Kier molecular flexibility index (Phi) is 12.9. The molecule has 4 heteroatoms. The van der Waals surface area contributed by atoms with Crippen molar-refractivity contribution in [2.24, 2.45) is 0 Å². The summed E-state index contributed by atoms with van der Waals surface area (Å²) in [7, 11) is 1.95. The Labute approximate surface area is 154 Å². The first-order valence-corrected chi connectivity index (χ1v) is 9.59. The van der Waals surface area contributed by atoms with Gasteiger partial charge >= 0.3 is 6.09 Å². The first-order chi connectivity index (χ1) is 11.9. The molecule has 2 N–H and O–H groups in total. The van der Waals surface area contributed by atoms with E-state index in [-0.39, 0.29) is 6.09 Å². The molecule has 0 bridgehead atoms. The van der Waals surface area contributed by atoms with Gasteiger partial charge in [-0.1, -0.05) is 63.4 Å². The van der Waals surface area contributed by atoms with Crippen molar-refractivity contribution >= 4 is 6.09 Å². The molecule has 1 fully saturated rings. The minimum atomic E-state index is -0.390. The van der Waals surface area contributed by atoms with Crippen LogP contribution in [0.3, 0.4) is 0 Å². The Morgan fingerprint density at radius 3 is 2.12 bits per heavy atom. The summed E-state index contributed by atoms with van der Waals surface area (Å²) in [5.41, 5.74) is 0.943. The monoisotopic (exact) mass is 350 g/mol. The average Bonchev–Trinajstić information content (AvgIpc) is 2.58. The molecule has 1 saturated carbocycles. The highest BCUT2D eigenvalue weighted by Gasteiger charge is 2.20. The Morgan fingerprint density at radius 2 is 1.64 bits per heavy atom. The van der Waals surface area contributed by atoms with E-state index < -0.39 is 5.60 Å². The minimum absolute atomic E-state index is 0.274. The van der Waals surface area contributed by atoms with Gasteiger partial charge in [0, 0.05) is 12.6 Å². The van der Waals surface area contributed by atoms with Gasteiger partial charge in [0.15, 0.2) is 0 Å². The molecule has 0 radical (unpaired) electrons. The van der Waals surface area contributed by atoms with Crippen molar-refractivity contribution < 1.29 is 9.53 Å². The molecule has 0 spiro atoms. The maximum absolute atomic E-state index is 11.4. The molecule has 0 atom stereocenters. The van der Waals surface area contributed by atoms with Crippen LogP contribution in [0.1, 0.15) is 72.3 Å². The van der Waals surface area contributed by atoms with E-state index >= 15 is 0 Å². The van der Waals surface area contributed by atoms with Gasteiger partial charge in [0.25, 0.3) is 0 Å². The number of alkyl carbamates (subject to hydrolysis) is 1. The summed E-state index contributed by atoms with van der Waals surface area (Å²) in [6, 6.07) is 10.7. The first kappa shape index (κ1) is 23.4. The van der Waals surface area contributed by atoms with Crippen molar-refractivity contribution in [3.05, 3.63) is 35.9 Å². The molecular weight excluding hydrogens is 312 g/mol. The lowest BCUT2D eigenvalue weighted by Crippen LogP contribution is -2.39. The number of benzene rings is 1. The number of carbonyl (C=O) groups is 1. The summed E-state index contributed by atoms with van der Waals surface area (Å²) in [4.78, 5) is 11.4. The second-order valence-corrected chi connectivity index (χ2v) is 7.00. The lowest BCUT2D eigenvalue weighted by Gasteiger charge is -2.25. The summed E-state index contributed by atoms with van der Waals surface area (Å²) < 4.78 is 5.19. The summed E-state index contributed by atoms with van der Waals surface area (Å²) in [6.45, 7) is 10.6. The summed E-state index contributed by atoms with van der Waals surface area (Å²) in [5.74, 6) is 0. The van der Waals surface area contributed by atoms with Crippen molar-refractivity contribution in [2.75, 3.05) is 7.05 Å². The molecule has 0 saturated heterocycles. The van der Waals surface area contributed by atoms with Gasteiger partial charge in [-0.3, -0.25) is 0 Å². The molecule has 1 aliphatic rings. The van der Waals surface area contributed by atoms with Crippen molar-refractivity contribution in [1.82, 2.24) is 10.6 Å². The lowest BCUT2D eigenvalue weighted by atomic mass is 9.96. The second-order valence-electron chi connectivity index (χ2n) is 7.00. The molecule has 1 amide bonds. The van der Waals surface area contributed by atoms with Gasteiger partial charge in [-0.05, 0) is 46.2 Å². The molecule has 0 aliphatic heterocycles. The van der Waals surface area contributed by atoms with E-state index in [0.29, 0.717) is 6.04 Å². The smallest absolute Gasteiger partial charge is 0.407 e. The van der Waals surface area contributed by atoms with Crippen LogP contribution in [0, 0.1) is 0 Å². The zero-order valence-corrected chi connectivity index (χ0v) is 17.0. The first-order valence-electron chi connectivity index (χ1n) is 9.59. The fourth-order valence-electron chi connectivity index (χ4n) is 2.52. The molecule has 0 aromatic heterocycles. The predicted molar refractivity (Wildman–Crippen MR) is 107 cm³/mol. The fourth-order valence-corrected chi connectivity index (χ4v) is 2.52. The number of hydrogen-bond donors (Lipinski definition) is 2. The van der Waals surface area contributed by atoms with Crippen LogP contribution in [0.15, 0.2) is 30.3 Å². The standard InChI is InChI=1S/C11H21NO2.C8H11N.C2H6/c1-11(2,3)14-10(13)12-9-7-5-4-6-8-9;1-9-7-8-5-3-2-4-6-8;1-2/h9H,4-8H2,1-3H3,(H,12,13);2-6,9H,7H2,1H3;1-2H3. The van der Waals surface area contributed by atoms with E-state index in [1.807, 2.05) is 59.9 Å².